The van der Waals surface area contributed by atoms with E-state index >= 15 is 0 Å². The fourth-order valence-corrected chi connectivity index (χ4v) is 0.353. The van der Waals surface area contributed by atoms with Crippen molar-refractivity contribution in [1.29, 1.82) is 0 Å². The van der Waals surface area contributed by atoms with E-state index in [9.17, 15) is 4.79 Å². The first-order chi connectivity index (χ1) is 3.22. The van der Waals surface area contributed by atoms with Gasteiger partial charge >= 0.3 is 0 Å². The molecule has 1 fully saturated rings. The SMILES string of the molecule is NC(=O)C1OC1N. The van der Waals surface area contributed by atoms with Crippen molar-refractivity contribution >= 4 is 5.91 Å². The Morgan fingerprint density at radius 3 is 2.14 bits per heavy atom. The average molecular weight is 102 g/mol. The fraction of sp³-hybridized carbons (Fsp3) is 0.667. The molecule has 0 saturated carbocycles. The molecular formula is C3H6N2O2. The number of amides is 1. The predicted molar refractivity (Wildman–Crippen MR) is 22.0 cm³/mol. The Morgan fingerprint density at radius 2 is 2.14 bits per heavy atom. The highest BCUT2D eigenvalue weighted by molar-refractivity contribution is 5.81. The van der Waals surface area contributed by atoms with Crippen molar-refractivity contribution < 1.29 is 9.53 Å². The highest BCUT2D eigenvalue weighted by Gasteiger charge is 2.40. The average Bonchev–Trinajstić information content (AvgIpc) is 2.17. The lowest BCUT2D eigenvalue weighted by molar-refractivity contribution is -0.119. The smallest absolute Gasteiger partial charge is 0.250 e. The Hall–Kier alpha value is -0.610. The fourth-order valence-electron chi connectivity index (χ4n) is 0.353. The lowest BCUT2D eigenvalue weighted by Gasteiger charge is -1.75. The van der Waals surface area contributed by atoms with Gasteiger partial charge in [-0.25, -0.2) is 0 Å². The minimum absolute atomic E-state index is 0.433. The molecule has 1 aliphatic heterocycles. The van der Waals surface area contributed by atoms with E-state index in [4.69, 9.17) is 11.5 Å². The number of ether oxygens (including phenoxy) is 1. The highest BCUT2D eigenvalue weighted by Crippen LogP contribution is 2.13. The lowest BCUT2D eigenvalue weighted by Crippen LogP contribution is -2.22. The molecule has 1 heterocycles. The molecule has 0 radical (unpaired) electrons. The molecule has 0 aromatic rings. The van der Waals surface area contributed by atoms with Crippen LogP contribution in [0.2, 0.25) is 0 Å². The molecule has 4 heteroatoms. The zero-order valence-electron chi connectivity index (χ0n) is 3.63. The van der Waals surface area contributed by atoms with Crippen LogP contribution in [0.1, 0.15) is 0 Å². The van der Waals surface area contributed by atoms with E-state index < -0.39 is 18.2 Å². The van der Waals surface area contributed by atoms with Gasteiger partial charge in [-0.3, -0.25) is 4.79 Å². The van der Waals surface area contributed by atoms with Crippen LogP contribution in [0.3, 0.4) is 0 Å². The van der Waals surface area contributed by atoms with Gasteiger partial charge in [0.2, 0.25) is 0 Å². The van der Waals surface area contributed by atoms with Gasteiger partial charge in [-0.1, -0.05) is 0 Å². The van der Waals surface area contributed by atoms with Gasteiger partial charge < -0.3 is 16.2 Å². The lowest BCUT2D eigenvalue weighted by atomic mass is 10.4. The van der Waals surface area contributed by atoms with Gasteiger partial charge in [0, 0.05) is 0 Å². The van der Waals surface area contributed by atoms with Gasteiger partial charge in [-0.2, -0.15) is 0 Å². The Labute approximate surface area is 40.4 Å². The van der Waals surface area contributed by atoms with Crippen molar-refractivity contribution in [3.63, 3.8) is 0 Å². The minimum atomic E-state index is -0.514. The van der Waals surface area contributed by atoms with Gasteiger partial charge in [-0.15, -0.1) is 0 Å². The Balaban J connectivity index is 2.33. The third-order valence-corrected chi connectivity index (χ3v) is 0.806. The molecule has 7 heavy (non-hydrogen) atoms. The van der Waals surface area contributed by atoms with Gasteiger partial charge in [-0.05, 0) is 0 Å². The van der Waals surface area contributed by atoms with E-state index in [-0.39, 0.29) is 0 Å². The molecule has 0 spiro atoms. The largest absolute Gasteiger partial charge is 0.367 e. The van der Waals surface area contributed by atoms with Crippen LogP contribution in [0.25, 0.3) is 0 Å². The van der Waals surface area contributed by atoms with Crippen molar-refractivity contribution in [2.75, 3.05) is 0 Å². The van der Waals surface area contributed by atoms with Gasteiger partial charge in [0.15, 0.2) is 6.10 Å². The highest BCUT2D eigenvalue weighted by atomic mass is 16.6. The van der Waals surface area contributed by atoms with Crippen LogP contribution < -0.4 is 11.5 Å². The van der Waals surface area contributed by atoms with Crippen LogP contribution >= 0.6 is 0 Å². The summed E-state index contributed by atoms with van der Waals surface area (Å²) in [6, 6.07) is 0. The second-order valence-corrected chi connectivity index (χ2v) is 1.42. The first kappa shape index (κ1) is 4.55. The van der Waals surface area contributed by atoms with Crippen molar-refractivity contribution in [2.45, 2.75) is 12.3 Å². The van der Waals surface area contributed by atoms with Crippen molar-refractivity contribution in [3.8, 4) is 0 Å². The van der Waals surface area contributed by atoms with E-state index in [1.807, 2.05) is 0 Å². The standard InChI is InChI=1S/C3H6N2O2/c4-2(6)1-3(5)7-1/h1,3H,5H2,(H2,4,6). The number of nitrogens with two attached hydrogens (primary N) is 2. The summed E-state index contributed by atoms with van der Waals surface area (Å²) >= 11 is 0. The third kappa shape index (κ3) is 0.703. The maximum Gasteiger partial charge on any atom is 0.250 e. The van der Waals surface area contributed by atoms with E-state index in [1.54, 1.807) is 0 Å². The zero-order chi connectivity index (χ0) is 5.44. The Morgan fingerprint density at radius 1 is 1.71 bits per heavy atom. The quantitative estimate of drug-likeness (QED) is 0.381. The number of hydrogen-bond acceptors (Lipinski definition) is 3. The molecular weight excluding hydrogens is 96.0 g/mol. The van der Waals surface area contributed by atoms with Crippen molar-refractivity contribution in [1.82, 2.24) is 0 Å². The second kappa shape index (κ2) is 1.18. The molecule has 40 valence electrons. The van der Waals surface area contributed by atoms with Crippen LogP contribution in [0.15, 0.2) is 0 Å². The number of hydrogen-bond donors (Lipinski definition) is 2. The molecule has 4 N–H and O–H groups in total. The zero-order valence-corrected chi connectivity index (χ0v) is 3.63. The van der Waals surface area contributed by atoms with E-state index in [0.717, 1.165) is 0 Å². The van der Waals surface area contributed by atoms with Crippen LogP contribution in [0, 0.1) is 0 Å². The maximum atomic E-state index is 9.99. The minimum Gasteiger partial charge on any atom is -0.367 e. The third-order valence-electron chi connectivity index (χ3n) is 0.806. The molecule has 2 atom stereocenters. The molecule has 1 amide bonds. The maximum absolute atomic E-state index is 9.99. The summed E-state index contributed by atoms with van der Waals surface area (Å²) in [5, 5.41) is 0. The molecule has 0 bridgehead atoms. The number of epoxide rings is 1. The van der Waals surface area contributed by atoms with E-state index in [2.05, 4.69) is 4.74 Å². The summed E-state index contributed by atoms with van der Waals surface area (Å²) in [5.74, 6) is -0.479. The first-order valence-corrected chi connectivity index (χ1v) is 1.92. The molecule has 1 rings (SSSR count). The van der Waals surface area contributed by atoms with Gasteiger partial charge in [0.05, 0.1) is 0 Å². The Kier molecular flexibility index (Phi) is 0.765. The van der Waals surface area contributed by atoms with Crippen molar-refractivity contribution in [2.24, 2.45) is 11.5 Å². The molecule has 0 aromatic heterocycles. The van der Waals surface area contributed by atoms with Crippen LogP contribution in [-0.2, 0) is 9.53 Å². The molecule has 4 nitrogen and oxygen atoms in total. The van der Waals surface area contributed by atoms with Crippen LogP contribution in [0.5, 0.6) is 0 Å². The first-order valence-electron chi connectivity index (χ1n) is 1.92. The van der Waals surface area contributed by atoms with E-state index in [0.29, 0.717) is 0 Å². The summed E-state index contributed by atoms with van der Waals surface area (Å²) in [6.45, 7) is 0. The van der Waals surface area contributed by atoms with Gasteiger partial charge in [0.25, 0.3) is 5.91 Å². The molecule has 0 aromatic carbocycles. The molecule has 1 aliphatic rings. The summed E-state index contributed by atoms with van der Waals surface area (Å²) in [4.78, 5) is 9.99. The number of rotatable bonds is 1. The second-order valence-electron chi connectivity index (χ2n) is 1.42. The van der Waals surface area contributed by atoms with Crippen molar-refractivity contribution in [3.05, 3.63) is 0 Å². The van der Waals surface area contributed by atoms with E-state index in [1.165, 1.54) is 0 Å². The Bertz CT molecular complexity index is 103. The summed E-state index contributed by atoms with van der Waals surface area (Å²) in [7, 11) is 0. The molecule has 0 aliphatic carbocycles. The van der Waals surface area contributed by atoms with Gasteiger partial charge in [0.1, 0.15) is 6.23 Å². The predicted octanol–water partition coefficient (Wildman–Crippen LogP) is -1.84. The summed E-state index contributed by atoms with van der Waals surface area (Å²) < 4.78 is 4.48. The van der Waals surface area contributed by atoms with Crippen LogP contribution in [-0.4, -0.2) is 18.2 Å². The number of carbonyl (C=O) groups is 1. The monoisotopic (exact) mass is 102 g/mol. The summed E-state index contributed by atoms with van der Waals surface area (Å²) in [6.07, 6.45) is -0.947. The van der Waals surface area contributed by atoms with Crippen LogP contribution in [0.4, 0.5) is 0 Å². The topological polar surface area (TPSA) is 81.6 Å². The number of carbonyl (C=O) groups excluding carboxylic acids is 1. The molecule has 2 unspecified atom stereocenters. The number of primary amides is 1. The normalized spacial score (nSPS) is 37.9. The molecule has 1 saturated heterocycles. The summed E-state index contributed by atoms with van der Waals surface area (Å²) in [5.41, 5.74) is 9.79.